The summed E-state index contributed by atoms with van der Waals surface area (Å²) >= 11 is 1.39. The average molecular weight is 182 g/mol. The Hall–Kier alpha value is -0.240. The minimum atomic E-state index is -0.0428. The van der Waals surface area contributed by atoms with Crippen molar-refractivity contribution in [1.29, 1.82) is 0 Å². The average Bonchev–Trinajstić information content (AvgIpc) is 2.62. The van der Waals surface area contributed by atoms with Crippen molar-refractivity contribution in [2.45, 2.75) is 19.8 Å². The third-order valence-electron chi connectivity index (χ3n) is 3.33. The Morgan fingerprint density at radius 3 is 2.75 bits per heavy atom. The van der Waals surface area contributed by atoms with Crippen LogP contribution in [0.2, 0.25) is 0 Å². The molecular formula is C10H14OS. The quantitative estimate of drug-likeness (QED) is 0.579. The van der Waals surface area contributed by atoms with Gasteiger partial charge in [0.25, 0.3) is 0 Å². The number of rotatable bonds is 1. The third kappa shape index (κ3) is 0.972. The van der Waals surface area contributed by atoms with Crippen LogP contribution in [0, 0.1) is 17.3 Å². The highest BCUT2D eigenvalue weighted by Gasteiger charge is 2.49. The highest BCUT2D eigenvalue weighted by Crippen LogP contribution is 2.53. The highest BCUT2D eigenvalue weighted by atomic mass is 32.2. The van der Waals surface area contributed by atoms with Crippen molar-refractivity contribution in [2.24, 2.45) is 17.3 Å². The van der Waals surface area contributed by atoms with Crippen LogP contribution in [-0.2, 0) is 4.79 Å². The van der Waals surface area contributed by atoms with Crippen molar-refractivity contribution in [2.75, 3.05) is 6.26 Å². The molecule has 0 spiro atoms. The first kappa shape index (κ1) is 8.36. The van der Waals surface area contributed by atoms with Crippen molar-refractivity contribution in [3.8, 4) is 0 Å². The van der Waals surface area contributed by atoms with Crippen molar-refractivity contribution in [3.05, 3.63) is 12.2 Å². The molecule has 1 nitrogen and oxygen atoms in total. The minimum Gasteiger partial charge on any atom is -0.287 e. The predicted octanol–water partition coefficient (Wildman–Crippen LogP) is 2.48. The fraction of sp³-hybridized carbons (Fsp3) is 0.700. The molecule has 12 heavy (non-hydrogen) atoms. The second-order valence-electron chi connectivity index (χ2n) is 4.10. The highest BCUT2D eigenvalue weighted by molar-refractivity contribution is 8.13. The molecule has 0 aromatic carbocycles. The molecule has 0 saturated heterocycles. The van der Waals surface area contributed by atoms with Crippen molar-refractivity contribution < 1.29 is 4.79 Å². The number of carbonyl (C=O) groups is 1. The van der Waals surface area contributed by atoms with E-state index in [1.807, 2.05) is 6.26 Å². The molecular weight excluding hydrogens is 168 g/mol. The summed E-state index contributed by atoms with van der Waals surface area (Å²) in [6, 6.07) is 0. The Morgan fingerprint density at radius 1 is 1.58 bits per heavy atom. The van der Waals surface area contributed by atoms with Gasteiger partial charge in [0, 0.05) is 5.41 Å². The van der Waals surface area contributed by atoms with E-state index < -0.39 is 0 Å². The van der Waals surface area contributed by atoms with Gasteiger partial charge < -0.3 is 0 Å². The van der Waals surface area contributed by atoms with Gasteiger partial charge in [0.2, 0.25) is 0 Å². The fourth-order valence-electron chi connectivity index (χ4n) is 2.56. The Morgan fingerprint density at radius 2 is 2.33 bits per heavy atom. The van der Waals surface area contributed by atoms with Crippen LogP contribution in [0.1, 0.15) is 19.8 Å². The van der Waals surface area contributed by atoms with Crippen LogP contribution in [0.5, 0.6) is 0 Å². The molecule has 2 aliphatic carbocycles. The third-order valence-corrected chi connectivity index (χ3v) is 4.17. The van der Waals surface area contributed by atoms with Gasteiger partial charge in [-0.15, -0.1) is 0 Å². The number of hydrogen-bond acceptors (Lipinski definition) is 2. The first-order valence-electron chi connectivity index (χ1n) is 4.43. The molecule has 0 aliphatic heterocycles. The number of fused-ring (bicyclic) bond motifs is 2. The van der Waals surface area contributed by atoms with Crippen molar-refractivity contribution in [1.82, 2.24) is 0 Å². The Kier molecular flexibility index (Phi) is 1.83. The largest absolute Gasteiger partial charge is 0.287 e. The first-order valence-corrected chi connectivity index (χ1v) is 5.66. The summed E-state index contributed by atoms with van der Waals surface area (Å²) in [4.78, 5) is 11.7. The van der Waals surface area contributed by atoms with E-state index in [-0.39, 0.29) is 5.41 Å². The maximum Gasteiger partial charge on any atom is 0.195 e. The monoisotopic (exact) mass is 182 g/mol. The van der Waals surface area contributed by atoms with E-state index in [9.17, 15) is 4.79 Å². The number of thioether (sulfide) groups is 1. The van der Waals surface area contributed by atoms with Crippen LogP contribution in [0.4, 0.5) is 0 Å². The number of carbonyl (C=O) groups excluding carboxylic acids is 1. The molecule has 2 rings (SSSR count). The molecule has 1 saturated carbocycles. The van der Waals surface area contributed by atoms with Gasteiger partial charge in [-0.05, 0) is 30.9 Å². The standard InChI is InChI=1S/C10H14OS/c1-10(9(11)12-2)6-7-3-4-8(10)5-7/h3-4,7-8H,5-6H2,1-2H3. The Labute approximate surface area is 77.6 Å². The minimum absolute atomic E-state index is 0.0428. The zero-order valence-corrected chi connectivity index (χ0v) is 8.36. The molecule has 0 aromatic heterocycles. The molecule has 2 bridgehead atoms. The summed E-state index contributed by atoms with van der Waals surface area (Å²) < 4.78 is 0. The molecule has 2 aliphatic rings. The van der Waals surface area contributed by atoms with E-state index in [1.54, 1.807) is 0 Å². The van der Waals surface area contributed by atoms with Gasteiger partial charge in [0.1, 0.15) is 0 Å². The Bertz CT molecular complexity index is 246. The van der Waals surface area contributed by atoms with E-state index in [0.717, 1.165) is 6.42 Å². The van der Waals surface area contributed by atoms with Gasteiger partial charge in [-0.1, -0.05) is 30.8 Å². The van der Waals surface area contributed by atoms with Gasteiger partial charge in [-0.2, -0.15) is 0 Å². The lowest BCUT2D eigenvalue weighted by atomic mass is 9.79. The zero-order chi connectivity index (χ0) is 8.77. The normalized spacial score (nSPS) is 43.8. The zero-order valence-electron chi connectivity index (χ0n) is 7.54. The van der Waals surface area contributed by atoms with Gasteiger partial charge in [-0.3, -0.25) is 4.79 Å². The van der Waals surface area contributed by atoms with E-state index in [4.69, 9.17) is 0 Å². The SMILES string of the molecule is CSC(=O)C1(C)CC2C=CC1C2. The maximum atomic E-state index is 11.7. The molecule has 3 unspecified atom stereocenters. The second kappa shape index (κ2) is 2.63. The van der Waals surface area contributed by atoms with Crippen LogP contribution in [0.15, 0.2) is 12.2 Å². The van der Waals surface area contributed by atoms with E-state index in [0.29, 0.717) is 17.0 Å². The van der Waals surface area contributed by atoms with Gasteiger partial charge in [0.05, 0.1) is 0 Å². The molecule has 0 heterocycles. The van der Waals surface area contributed by atoms with Gasteiger partial charge >= 0.3 is 0 Å². The summed E-state index contributed by atoms with van der Waals surface area (Å²) in [5.41, 5.74) is -0.0428. The lowest BCUT2D eigenvalue weighted by molar-refractivity contribution is -0.120. The summed E-state index contributed by atoms with van der Waals surface area (Å²) in [5, 5.41) is 0.374. The van der Waals surface area contributed by atoms with Crippen LogP contribution in [-0.4, -0.2) is 11.4 Å². The van der Waals surface area contributed by atoms with Crippen molar-refractivity contribution >= 4 is 16.9 Å². The number of hydrogen-bond donors (Lipinski definition) is 0. The van der Waals surface area contributed by atoms with Gasteiger partial charge in [-0.25, -0.2) is 0 Å². The molecule has 1 fully saturated rings. The van der Waals surface area contributed by atoms with Crippen LogP contribution < -0.4 is 0 Å². The topological polar surface area (TPSA) is 17.1 Å². The van der Waals surface area contributed by atoms with Gasteiger partial charge in [0.15, 0.2) is 5.12 Å². The second-order valence-corrected chi connectivity index (χ2v) is 4.88. The lowest BCUT2D eigenvalue weighted by Crippen LogP contribution is -2.29. The molecule has 0 amide bonds. The molecule has 0 aromatic rings. The van der Waals surface area contributed by atoms with Crippen LogP contribution in [0.25, 0.3) is 0 Å². The molecule has 0 N–H and O–H groups in total. The van der Waals surface area contributed by atoms with E-state index in [1.165, 1.54) is 18.2 Å². The maximum absolute atomic E-state index is 11.7. The smallest absolute Gasteiger partial charge is 0.195 e. The summed E-state index contributed by atoms with van der Waals surface area (Å²) in [6.45, 7) is 2.12. The lowest BCUT2D eigenvalue weighted by Gasteiger charge is -2.28. The summed E-state index contributed by atoms with van der Waals surface area (Å²) in [5.74, 6) is 1.22. The van der Waals surface area contributed by atoms with E-state index in [2.05, 4.69) is 19.1 Å². The summed E-state index contributed by atoms with van der Waals surface area (Å²) in [7, 11) is 0. The molecule has 2 heteroatoms. The van der Waals surface area contributed by atoms with Crippen LogP contribution >= 0.6 is 11.8 Å². The van der Waals surface area contributed by atoms with Crippen molar-refractivity contribution in [3.63, 3.8) is 0 Å². The molecule has 3 atom stereocenters. The summed E-state index contributed by atoms with van der Waals surface area (Å²) in [6.07, 6.45) is 8.70. The van der Waals surface area contributed by atoms with Crippen LogP contribution in [0.3, 0.4) is 0 Å². The molecule has 66 valence electrons. The fourth-order valence-corrected chi connectivity index (χ4v) is 3.26. The van der Waals surface area contributed by atoms with E-state index >= 15 is 0 Å². The molecule has 0 radical (unpaired) electrons. The predicted molar refractivity (Wildman–Crippen MR) is 52.0 cm³/mol. The Balaban J connectivity index is 2.23. The number of allylic oxidation sites excluding steroid dienone is 2. The first-order chi connectivity index (χ1) is 5.66.